The quantitative estimate of drug-likeness (QED) is 0.650. The van der Waals surface area contributed by atoms with Crippen molar-refractivity contribution in [1.29, 1.82) is 0 Å². The molecule has 1 aromatic heterocycles. The summed E-state index contributed by atoms with van der Waals surface area (Å²) in [6, 6.07) is 19.5. The van der Waals surface area contributed by atoms with Crippen molar-refractivity contribution in [2.24, 2.45) is 0 Å². The van der Waals surface area contributed by atoms with E-state index in [1.807, 2.05) is 18.2 Å². The van der Waals surface area contributed by atoms with Gasteiger partial charge in [-0.25, -0.2) is 0 Å². The van der Waals surface area contributed by atoms with Gasteiger partial charge in [0.15, 0.2) is 0 Å². The largest absolute Gasteiger partial charge is 0.489 e. The summed E-state index contributed by atoms with van der Waals surface area (Å²) in [5.41, 5.74) is 2.48. The summed E-state index contributed by atoms with van der Waals surface area (Å²) in [4.78, 5) is 2.60. The van der Waals surface area contributed by atoms with Crippen LogP contribution >= 0.6 is 0 Å². The molecular formula is C22H26N2O. The highest BCUT2D eigenvalue weighted by molar-refractivity contribution is 5.81. The van der Waals surface area contributed by atoms with E-state index in [-0.39, 0.29) is 0 Å². The molecule has 2 aromatic carbocycles. The zero-order chi connectivity index (χ0) is 17.1. The Bertz CT molecular complexity index is 818. The number of aromatic nitrogens is 1. The molecule has 3 aromatic rings. The highest BCUT2D eigenvalue weighted by Crippen LogP contribution is 2.24. The molecule has 0 aliphatic carbocycles. The van der Waals surface area contributed by atoms with E-state index >= 15 is 0 Å². The van der Waals surface area contributed by atoms with Crippen molar-refractivity contribution in [1.82, 2.24) is 9.47 Å². The molecule has 1 fully saturated rings. The number of benzene rings is 2. The molecule has 0 N–H and O–H groups in total. The Morgan fingerprint density at radius 1 is 1.00 bits per heavy atom. The summed E-state index contributed by atoms with van der Waals surface area (Å²) in [7, 11) is 0. The van der Waals surface area contributed by atoms with Crippen molar-refractivity contribution in [3.8, 4) is 5.75 Å². The first kappa shape index (κ1) is 16.2. The third-order valence-corrected chi connectivity index (χ3v) is 5.22. The van der Waals surface area contributed by atoms with Gasteiger partial charge in [-0.1, -0.05) is 30.3 Å². The smallest absolute Gasteiger partial charge is 0.120 e. The molecule has 3 nitrogen and oxygen atoms in total. The van der Waals surface area contributed by atoms with E-state index in [0.29, 0.717) is 12.6 Å². The summed E-state index contributed by atoms with van der Waals surface area (Å²) >= 11 is 0. The standard InChI is InChI=1S/C22H26N2O/c1-18(23-12-5-6-13-23)16-24-14-11-20-15-21(9-10-22(20)24)25-17-19-7-3-2-4-8-19/h2-4,7-11,14-15,18H,5-6,12-13,16-17H2,1H3/t18-/m1/s1. The second-order valence-corrected chi connectivity index (χ2v) is 7.06. The van der Waals surface area contributed by atoms with Crippen LogP contribution in [0.15, 0.2) is 60.8 Å². The van der Waals surface area contributed by atoms with Gasteiger partial charge >= 0.3 is 0 Å². The summed E-state index contributed by atoms with van der Waals surface area (Å²) in [5.74, 6) is 0.932. The van der Waals surface area contributed by atoms with E-state index in [0.717, 1.165) is 12.3 Å². The zero-order valence-electron chi connectivity index (χ0n) is 14.9. The van der Waals surface area contributed by atoms with Crippen molar-refractivity contribution in [3.05, 3.63) is 66.4 Å². The average molecular weight is 334 g/mol. The SMILES string of the molecule is C[C@H](Cn1ccc2cc(OCc3ccccc3)ccc21)N1CCCC1. The van der Waals surface area contributed by atoms with E-state index < -0.39 is 0 Å². The molecule has 0 spiro atoms. The number of rotatable bonds is 6. The van der Waals surface area contributed by atoms with Crippen LogP contribution in [0.4, 0.5) is 0 Å². The Morgan fingerprint density at radius 2 is 1.80 bits per heavy atom. The van der Waals surface area contributed by atoms with Gasteiger partial charge < -0.3 is 9.30 Å². The molecule has 0 bridgehead atoms. The molecule has 4 rings (SSSR count). The molecule has 0 amide bonds. The van der Waals surface area contributed by atoms with Crippen molar-refractivity contribution in [2.45, 2.75) is 39.0 Å². The number of likely N-dealkylation sites (tertiary alicyclic amines) is 1. The van der Waals surface area contributed by atoms with Gasteiger partial charge in [0, 0.05) is 29.7 Å². The van der Waals surface area contributed by atoms with Crippen LogP contribution in [0.25, 0.3) is 10.9 Å². The molecule has 0 unspecified atom stereocenters. The second kappa shape index (κ2) is 7.32. The number of hydrogen-bond donors (Lipinski definition) is 0. The maximum atomic E-state index is 5.95. The summed E-state index contributed by atoms with van der Waals surface area (Å²) in [5, 5.41) is 1.25. The van der Waals surface area contributed by atoms with Crippen molar-refractivity contribution >= 4 is 10.9 Å². The first-order valence-electron chi connectivity index (χ1n) is 9.29. The van der Waals surface area contributed by atoms with Crippen molar-refractivity contribution < 1.29 is 4.74 Å². The van der Waals surface area contributed by atoms with Crippen LogP contribution in [0, 0.1) is 0 Å². The molecule has 2 heterocycles. The van der Waals surface area contributed by atoms with Gasteiger partial charge in [-0.15, -0.1) is 0 Å². The number of ether oxygens (including phenoxy) is 1. The first-order valence-corrected chi connectivity index (χ1v) is 9.29. The van der Waals surface area contributed by atoms with E-state index in [1.54, 1.807) is 0 Å². The molecule has 1 atom stereocenters. The number of hydrogen-bond acceptors (Lipinski definition) is 2. The van der Waals surface area contributed by atoms with Gasteiger partial charge in [0.05, 0.1) is 0 Å². The first-order chi connectivity index (χ1) is 12.3. The van der Waals surface area contributed by atoms with Crippen LogP contribution < -0.4 is 4.74 Å². The maximum absolute atomic E-state index is 5.95. The predicted octanol–water partition coefficient (Wildman–Crippen LogP) is 4.70. The minimum atomic E-state index is 0.590. The minimum Gasteiger partial charge on any atom is -0.489 e. The van der Waals surface area contributed by atoms with Gasteiger partial charge in [0.2, 0.25) is 0 Å². The molecular weight excluding hydrogens is 308 g/mol. The van der Waals surface area contributed by atoms with Gasteiger partial charge in [-0.3, -0.25) is 4.90 Å². The Labute approximate surface area is 149 Å². The monoisotopic (exact) mass is 334 g/mol. The molecule has 1 aliphatic rings. The number of nitrogens with zero attached hydrogens (tertiary/aromatic N) is 2. The van der Waals surface area contributed by atoms with Gasteiger partial charge in [-0.2, -0.15) is 0 Å². The topological polar surface area (TPSA) is 17.4 Å². The Kier molecular flexibility index (Phi) is 4.75. The fourth-order valence-electron chi connectivity index (χ4n) is 3.75. The highest BCUT2D eigenvalue weighted by Gasteiger charge is 2.18. The van der Waals surface area contributed by atoms with Crippen LogP contribution in [0.3, 0.4) is 0 Å². The third kappa shape index (κ3) is 3.72. The maximum Gasteiger partial charge on any atom is 0.120 e. The molecule has 1 aliphatic heterocycles. The van der Waals surface area contributed by atoms with Crippen LogP contribution in [0.5, 0.6) is 5.75 Å². The zero-order valence-corrected chi connectivity index (χ0v) is 14.9. The Balaban J connectivity index is 1.45. The van der Waals surface area contributed by atoms with E-state index in [9.17, 15) is 0 Å². The van der Waals surface area contributed by atoms with Crippen LogP contribution in [-0.4, -0.2) is 28.6 Å². The lowest BCUT2D eigenvalue weighted by Crippen LogP contribution is -2.33. The third-order valence-electron chi connectivity index (χ3n) is 5.22. The highest BCUT2D eigenvalue weighted by atomic mass is 16.5. The van der Waals surface area contributed by atoms with Crippen LogP contribution in [0.1, 0.15) is 25.3 Å². The predicted molar refractivity (Wildman–Crippen MR) is 103 cm³/mol. The van der Waals surface area contributed by atoms with Crippen LogP contribution in [0.2, 0.25) is 0 Å². The van der Waals surface area contributed by atoms with Crippen molar-refractivity contribution in [2.75, 3.05) is 13.1 Å². The number of fused-ring (bicyclic) bond motifs is 1. The summed E-state index contributed by atoms with van der Waals surface area (Å²) in [6.45, 7) is 6.50. The fraction of sp³-hybridized carbons (Fsp3) is 0.364. The second-order valence-electron chi connectivity index (χ2n) is 7.06. The molecule has 0 radical (unpaired) electrons. The van der Waals surface area contributed by atoms with E-state index in [2.05, 4.69) is 59.0 Å². The van der Waals surface area contributed by atoms with Gasteiger partial charge in [0.25, 0.3) is 0 Å². The minimum absolute atomic E-state index is 0.590. The summed E-state index contributed by atoms with van der Waals surface area (Å²) in [6.07, 6.45) is 4.90. The lowest BCUT2D eigenvalue weighted by molar-refractivity contribution is 0.237. The molecule has 1 saturated heterocycles. The fourth-order valence-corrected chi connectivity index (χ4v) is 3.75. The molecule has 130 valence electrons. The molecule has 25 heavy (non-hydrogen) atoms. The van der Waals surface area contributed by atoms with Gasteiger partial charge in [-0.05, 0) is 62.7 Å². The molecule has 3 heteroatoms. The lowest BCUT2D eigenvalue weighted by Gasteiger charge is -2.24. The van der Waals surface area contributed by atoms with Crippen LogP contribution in [-0.2, 0) is 13.2 Å². The average Bonchev–Trinajstić information content (AvgIpc) is 3.31. The molecule has 0 saturated carbocycles. The normalized spacial score (nSPS) is 16.4. The van der Waals surface area contributed by atoms with E-state index in [4.69, 9.17) is 4.74 Å². The van der Waals surface area contributed by atoms with E-state index in [1.165, 1.54) is 42.4 Å². The Hall–Kier alpha value is -2.26. The van der Waals surface area contributed by atoms with Crippen molar-refractivity contribution in [3.63, 3.8) is 0 Å². The van der Waals surface area contributed by atoms with Gasteiger partial charge in [0.1, 0.15) is 12.4 Å². The summed E-state index contributed by atoms with van der Waals surface area (Å²) < 4.78 is 8.33. The Morgan fingerprint density at radius 3 is 2.60 bits per heavy atom. The lowest BCUT2D eigenvalue weighted by atomic mass is 10.2.